The number of methoxy groups -OCH3 is 1. The minimum absolute atomic E-state index is 0.196. The maximum Gasteiger partial charge on any atom is 0.322 e. The Bertz CT molecular complexity index is 379. The summed E-state index contributed by atoms with van der Waals surface area (Å²) in [5.74, 6) is -0.217. The highest BCUT2D eigenvalue weighted by atomic mass is 16.5. The molecule has 1 unspecified atom stereocenters. The van der Waals surface area contributed by atoms with Gasteiger partial charge in [0.15, 0.2) is 0 Å². The second kappa shape index (κ2) is 5.37. The second-order valence-corrected chi connectivity index (χ2v) is 3.51. The molecule has 0 saturated carbocycles. The molecule has 1 atom stereocenters. The van der Waals surface area contributed by atoms with E-state index in [0.29, 0.717) is 0 Å². The van der Waals surface area contributed by atoms with Crippen LogP contribution in [-0.2, 0) is 4.79 Å². The topological polar surface area (TPSA) is 84.6 Å². The molecule has 1 rings (SSSR count). The minimum atomic E-state index is -1.02. The standard InChI is InChI=1S/C11H16N2O3/c1-7-5-8(3-4-10(7)16-2)13-6-9(12)11(14)15/h3-5,9,13H,6,12H2,1-2H3,(H,14,15). The molecule has 0 aliphatic heterocycles. The zero-order valence-electron chi connectivity index (χ0n) is 9.36. The van der Waals surface area contributed by atoms with Crippen LogP contribution in [-0.4, -0.2) is 30.8 Å². The minimum Gasteiger partial charge on any atom is -0.496 e. The van der Waals surface area contributed by atoms with Gasteiger partial charge in [0, 0.05) is 12.2 Å². The summed E-state index contributed by atoms with van der Waals surface area (Å²) in [6.07, 6.45) is 0. The molecule has 0 aliphatic carbocycles. The highest BCUT2D eigenvalue weighted by Crippen LogP contribution is 2.21. The first-order chi connectivity index (χ1) is 7.54. The van der Waals surface area contributed by atoms with Crippen molar-refractivity contribution in [1.29, 1.82) is 0 Å². The van der Waals surface area contributed by atoms with Gasteiger partial charge < -0.3 is 20.9 Å². The molecule has 16 heavy (non-hydrogen) atoms. The molecule has 0 fully saturated rings. The van der Waals surface area contributed by atoms with E-state index >= 15 is 0 Å². The molecule has 0 saturated heterocycles. The van der Waals surface area contributed by atoms with Gasteiger partial charge in [0.25, 0.3) is 0 Å². The Morgan fingerprint density at radius 1 is 1.62 bits per heavy atom. The number of ether oxygens (including phenoxy) is 1. The summed E-state index contributed by atoms with van der Waals surface area (Å²) in [5, 5.41) is 11.6. The molecule has 1 aromatic rings. The zero-order valence-corrected chi connectivity index (χ0v) is 9.36. The molecular weight excluding hydrogens is 208 g/mol. The average molecular weight is 224 g/mol. The lowest BCUT2D eigenvalue weighted by atomic mass is 10.2. The summed E-state index contributed by atoms with van der Waals surface area (Å²) < 4.78 is 5.12. The molecule has 1 aromatic carbocycles. The van der Waals surface area contributed by atoms with Gasteiger partial charge in [-0.15, -0.1) is 0 Å². The van der Waals surface area contributed by atoms with E-state index in [0.717, 1.165) is 17.0 Å². The summed E-state index contributed by atoms with van der Waals surface area (Å²) in [6, 6.07) is 4.63. The molecule has 0 spiro atoms. The molecule has 0 amide bonds. The Morgan fingerprint density at radius 2 is 2.31 bits per heavy atom. The van der Waals surface area contributed by atoms with Crippen LogP contribution in [0.25, 0.3) is 0 Å². The zero-order chi connectivity index (χ0) is 12.1. The van der Waals surface area contributed by atoms with Crippen molar-refractivity contribution < 1.29 is 14.6 Å². The summed E-state index contributed by atoms with van der Waals surface area (Å²) in [6.45, 7) is 2.11. The van der Waals surface area contributed by atoms with Crippen molar-refractivity contribution in [2.24, 2.45) is 5.73 Å². The number of rotatable bonds is 5. The Morgan fingerprint density at radius 3 is 2.81 bits per heavy atom. The van der Waals surface area contributed by atoms with Gasteiger partial charge in [-0.05, 0) is 30.7 Å². The van der Waals surface area contributed by atoms with Crippen molar-refractivity contribution in [2.75, 3.05) is 19.0 Å². The number of carboxylic acids is 1. The highest BCUT2D eigenvalue weighted by molar-refractivity contribution is 5.74. The third-order valence-corrected chi connectivity index (χ3v) is 2.24. The quantitative estimate of drug-likeness (QED) is 0.689. The van der Waals surface area contributed by atoms with Crippen LogP contribution >= 0.6 is 0 Å². The van der Waals surface area contributed by atoms with Crippen LogP contribution in [0, 0.1) is 6.92 Å². The number of nitrogens with two attached hydrogens (primary N) is 1. The predicted molar refractivity (Wildman–Crippen MR) is 61.8 cm³/mol. The van der Waals surface area contributed by atoms with Crippen molar-refractivity contribution in [3.63, 3.8) is 0 Å². The van der Waals surface area contributed by atoms with E-state index < -0.39 is 12.0 Å². The third-order valence-electron chi connectivity index (χ3n) is 2.24. The van der Waals surface area contributed by atoms with E-state index in [1.807, 2.05) is 25.1 Å². The first-order valence-electron chi connectivity index (χ1n) is 4.91. The smallest absolute Gasteiger partial charge is 0.322 e. The van der Waals surface area contributed by atoms with Gasteiger partial charge in [-0.3, -0.25) is 4.79 Å². The molecule has 5 heteroatoms. The first-order valence-corrected chi connectivity index (χ1v) is 4.91. The summed E-state index contributed by atoms with van der Waals surface area (Å²) >= 11 is 0. The molecule has 0 aromatic heterocycles. The molecular formula is C11H16N2O3. The van der Waals surface area contributed by atoms with E-state index in [1.165, 1.54) is 0 Å². The molecule has 0 heterocycles. The fourth-order valence-corrected chi connectivity index (χ4v) is 1.30. The number of carbonyl (C=O) groups is 1. The number of hydrogen-bond donors (Lipinski definition) is 3. The molecule has 0 bridgehead atoms. The van der Waals surface area contributed by atoms with Crippen molar-refractivity contribution >= 4 is 11.7 Å². The molecule has 4 N–H and O–H groups in total. The maximum atomic E-state index is 10.5. The van der Waals surface area contributed by atoms with E-state index in [9.17, 15) is 4.79 Å². The van der Waals surface area contributed by atoms with E-state index in [4.69, 9.17) is 15.6 Å². The number of anilines is 1. The molecule has 88 valence electrons. The third kappa shape index (κ3) is 3.13. The van der Waals surface area contributed by atoms with E-state index in [-0.39, 0.29) is 6.54 Å². The summed E-state index contributed by atoms with van der Waals surface area (Å²) in [5.41, 5.74) is 7.18. The van der Waals surface area contributed by atoms with Gasteiger partial charge in [0.1, 0.15) is 11.8 Å². The number of carboxylic acid groups (broad SMARTS) is 1. The van der Waals surface area contributed by atoms with Crippen LogP contribution in [0.15, 0.2) is 18.2 Å². The number of nitrogens with one attached hydrogen (secondary N) is 1. The highest BCUT2D eigenvalue weighted by Gasteiger charge is 2.10. The number of hydrogen-bond acceptors (Lipinski definition) is 4. The molecule has 5 nitrogen and oxygen atoms in total. The van der Waals surface area contributed by atoms with Crippen LogP contribution in [0.4, 0.5) is 5.69 Å². The van der Waals surface area contributed by atoms with Gasteiger partial charge in [0.2, 0.25) is 0 Å². The SMILES string of the molecule is COc1ccc(NCC(N)C(=O)O)cc1C. The summed E-state index contributed by atoms with van der Waals surface area (Å²) in [4.78, 5) is 10.5. The van der Waals surface area contributed by atoms with Gasteiger partial charge >= 0.3 is 5.97 Å². The molecule has 0 radical (unpaired) electrons. The van der Waals surface area contributed by atoms with Crippen molar-refractivity contribution in [3.05, 3.63) is 23.8 Å². The van der Waals surface area contributed by atoms with Gasteiger partial charge in [0.05, 0.1) is 7.11 Å². The van der Waals surface area contributed by atoms with E-state index in [2.05, 4.69) is 5.32 Å². The monoisotopic (exact) mass is 224 g/mol. The number of aliphatic carboxylic acids is 1. The fourth-order valence-electron chi connectivity index (χ4n) is 1.30. The van der Waals surface area contributed by atoms with Gasteiger partial charge in [-0.2, -0.15) is 0 Å². The predicted octanol–water partition coefficient (Wildman–Crippen LogP) is 0.827. The van der Waals surface area contributed by atoms with Gasteiger partial charge in [-0.25, -0.2) is 0 Å². The van der Waals surface area contributed by atoms with Crippen LogP contribution in [0.5, 0.6) is 5.75 Å². The Balaban J connectivity index is 2.62. The Kier molecular flexibility index (Phi) is 4.13. The Hall–Kier alpha value is -1.75. The fraction of sp³-hybridized carbons (Fsp3) is 0.364. The average Bonchev–Trinajstić information content (AvgIpc) is 2.25. The first kappa shape index (κ1) is 12.3. The largest absolute Gasteiger partial charge is 0.496 e. The number of benzene rings is 1. The lowest BCUT2D eigenvalue weighted by molar-refractivity contribution is -0.138. The van der Waals surface area contributed by atoms with Crippen LogP contribution in [0.1, 0.15) is 5.56 Å². The Labute approximate surface area is 94.2 Å². The van der Waals surface area contributed by atoms with Crippen LogP contribution in [0.2, 0.25) is 0 Å². The summed E-state index contributed by atoms with van der Waals surface area (Å²) in [7, 11) is 1.61. The van der Waals surface area contributed by atoms with Crippen molar-refractivity contribution in [1.82, 2.24) is 0 Å². The molecule has 0 aliphatic rings. The van der Waals surface area contributed by atoms with E-state index in [1.54, 1.807) is 7.11 Å². The van der Waals surface area contributed by atoms with Crippen molar-refractivity contribution in [3.8, 4) is 5.75 Å². The van der Waals surface area contributed by atoms with Crippen LogP contribution in [0.3, 0.4) is 0 Å². The lowest BCUT2D eigenvalue weighted by Crippen LogP contribution is -2.36. The normalized spacial score (nSPS) is 11.9. The number of aryl methyl sites for hydroxylation is 1. The lowest BCUT2D eigenvalue weighted by Gasteiger charge is -2.11. The second-order valence-electron chi connectivity index (χ2n) is 3.51. The van der Waals surface area contributed by atoms with Crippen molar-refractivity contribution in [2.45, 2.75) is 13.0 Å². The van der Waals surface area contributed by atoms with Gasteiger partial charge in [-0.1, -0.05) is 0 Å². The maximum absolute atomic E-state index is 10.5. The van der Waals surface area contributed by atoms with Crippen LogP contribution < -0.4 is 15.8 Å².